The fourth-order valence-corrected chi connectivity index (χ4v) is 3.28. The van der Waals surface area contributed by atoms with Gasteiger partial charge in [0.05, 0.1) is 12.2 Å². The van der Waals surface area contributed by atoms with Crippen molar-refractivity contribution in [1.82, 2.24) is 4.90 Å². The first-order valence-corrected chi connectivity index (χ1v) is 9.32. The van der Waals surface area contributed by atoms with E-state index in [9.17, 15) is 14.0 Å². The Balaban J connectivity index is 1.52. The van der Waals surface area contributed by atoms with Gasteiger partial charge >= 0.3 is 0 Å². The minimum atomic E-state index is -0.219. The van der Waals surface area contributed by atoms with Crippen LogP contribution in [0.1, 0.15) is 12.5 Å². The molecule has 1 heterocycles. The van der Waals surface area contributed by atoms with E-state index in [2.05, 4.69) is 15.5 Å². The largest absolute Gasteiger partial charge is 0.367 e. The molecule has 7 heteroatoms. The molecule has 148 valence electrons. The van der Waals surface area contributed by atoms with Gasteiger partial charge in [0, 0.05) is 44.5 Å². The fourth-order valence-electron chi connectivity index (χ4n) is 3.28. The topological polar surface area (TPSA) is 64.7 Å². The number of amides is 2. The number of nitrogens with one attached hydrogen (secondary N) is 2. The third-order valence-corrected chi connectivity index (χ3v) is 4.76. The molecule has 0 atom stereocenters. The van der Waals surface area contributed by atoms with E-state index < -0.39 is 0 Å². The fraction of sp³-hybridized carbons (Fsp3) is 0.333. The summed E-state index contributed by atoms with van der Waals surface area (Å²) < 4.78 is 13.9. The Hall–Kier alpha value is -2.93. The summed E-state index contributed by atoms with van der Waals surface area (Å²) in [5, 5.41) is 5.63. The second-order valence-corrected chi connectivity index (χ2v) is 6.97. The molecule has 0 radical (unpaired) electrons. The molecule has 0 bridgehead atoms. The summed E-state index contributed by atoms with van der Waals surface area (Å²) >= 11 is 0. The van der Waals surface area contributed by atoms with Crippen molar-refractivity contribution in [2.75, 3.05) is 48.3 Å². The lowest BCUT2D eigenvalue weighted by molar-refractivity contribution is -0.117. The van der Waals surface area contributed by atoms with Gasteiger partial charge in [-0.2, -0.15) is 0 Å². The van der Waals surface area contributed by atoms with Gasteiger partial charge in [-0.1, -0.05) is 18.2 Å². The minimum Gasteiger partial charge on any atom is -0.367 e. The summed E-state index contributed by atoms with van der Waals surface area (Å²) in [6.45, 7) is 6.34. The first-order valence-electron chi connectivity index (χ1n) is 9.32. The average Bonchev–Trinajstić information content (AvgIpc) is 2.65. The van der Waals surface area contributed by atoms with E-state index in [0.717, 1.165) is 5.56 Å². The number of aryl methyl sites for hydroxylation is 1. The second kappa shape index (κ2) is 8.84. The highest BCUT2D eigenvalue weighted by atomic mass is 19.1. The molecular formula is C21H25FN4O2. The van der Waals surface area contributed by atoms with Gasteiger partial charge in [0.15, 0.2) is 0 Å². The Kier molecular flexibility index (Phi) is 6.26. The Bertz CT molecular complexity index is 863. The predicted molar refractivity (Wildman–Crippen MR) is 109 cm³/mol. The number of nitrogens with zero attached hydrogens (tertiary/aromatic N) is 2. The summed E-state index contributed by atoms with van der Waals surface area (Å²) in [7, 11) is 0. The normalized spacial score (nSPS) is 14.6. The van der Waals surface area contributed by atoms with Crippen molar-refractivity contribution >= 4 is 28.9 Å². The average molecular weight is 384 g/mol. The van der Waals surface area contributed by atoms with E-state index in [-0.39, 0.29) is 24.2 Å². The number of carbonyl (C=O) groups is 2. The molecule has 2 N–H and O–H groups in total. The van der Waals surface area contributed by atoms with E-state index in [0.29, 0.717) is 43.2 Å². The number of halogens is 1. The maximum absolute atomic E-state index is 13.9. The molecule has 1 fully saturated rings. The van der Waals surface area contributed by atoms with Gasteiger partial charge in [-0.25, -0.2) is 4.39 Å². The van der Waals surface area contributed by atoms with Crippen molar-refractivity contribution in [3.8, 4) is 0 Å². The van der Waals surface area contributed by atoms with Crippen LogP contribution in [0.5, 0.6) is 0 Å². The van der Waals surface area contributed by atoms with E-state index in [4.69, 9.17) is 0 Å². The van der Waals surface area contributed by atoms with Gasteiger partial charge < -0.3 is 15.5 Å². The highest BCUT2D eigenvalue weighted by Gasteiger charge is 2.21. The lowest BCUT2D eigenvalue weighted by Gasteiger charge is -2.35. The molecule has 2 aromatic carbocycles. The molecule has 1 aliphatic rings. The molecule has 0 aromatic heterocycles. The van der Waals surface area contributed by atoms with Crippen LogP contribution in [0, 0.1) is 12.7 Å². The summed E-state index contributed by atoms with van der Waals surface area (Å²) in [6, 6.07) is 12.2. The van der Waals surface area contributed by atoms with Crippen LogP contribution in [-0.4, -0.2) is 49.4 Å². The number of rotatable bonds is 5. The zero-order valence-corrected chi connectivity index (χ0v) is 16.2. The van der Waals surface area contributed by atoms with Crippen molar-refractivity contribution in [3.63, 3.8) is 0 Å². The molecule has 0 aliphatic carbocycles. The van der Waals surface area contributed by atoms with Crippen molar-refractivity contribution in [3.05, 3.63) is 53.8 Å². The number of benzene rings is 2. The molecule has 2 aromatic rings. The van der Waals surface area contributed by atoms with Gasteiger partial charge in [-0.15, -0.1) is 0 Å². The van der Waals surface area contributed by atoms with Crippen LogP contribution in [0.15, 0.2) is 42.5 Å². The van der Waals surface area contributed by atoms with E-state index in [1.54, 1.807) is 18.2 Å². The molecule has 1 saturated heterocycles. The zero-order chi connectivity index (χ0) is 20.1. The summed E-state index contributed by atoms with van der Waals surface area (Å²) in [4.78, 5) is 27.7. The quantitative estimate of drug-likeness (QED) is 0.832. The van der Waals surface area contributed by atoms with Crippen LogP contribution in [0.3, 0.4) is 0 Å². The Labute approximate surface area is 164 Å². The number of para-hydroxylation sites is 1. The van der Waals surface area contributed by atoms with Crippen LogP contribution < -0.4 is 15.5 Å². The maximum Gasteiger partial charge on any atom is 0.238 e. The lowest BCUT2D eigenvalue weighted by Crippen LogP contribution is -2.48. The molecular weight excluding hydrogens is 359 g/mol. The molecule has 0 spiro atoms. The zero-order valence-electron chi connectivity index (χ0n) is 16.2. The Morgan fingerprint density at radius 1 is 1.04 bits per heavy atom. The molecule has 2 amide bonds. The Morgan fingerprint density at radius 2 is 1.75 bits per heavy atom. The number of piperazine rings is 1. The molecule has 0 saturated carbocycles. The van der Waals surface area contributed by atoms with E-state index in [1.165, 1.54) is 13.0 Å². The first kappa shape index (κ1) is 19.8. The first-order chi connectivity index (χ1) is 13.4. The van der Waals surface area contributed by atoms with Crippen LogP contribution in [0.4, 0.5) is 21.5 Å². The standard InChI is InChI=1S/C21H25FN4O2/c1-15-7-8-17(13-19(15)23-16(2)27)24-21(28)14-25-9-11-26(12-10-25)20-6-4-3-5-18(20)22/h3-8,13H,9-12,14H2,1-2H3,(H,23,27)(H,24,28). The lowest BCUT2D eigenvalue weighted by atomic mass is 10.1. The van der Waals surface area contributed by atoms with E-state index in [1.807, 2.05) is 30.0 Å². The van der Waals surface area contributed by atoms with Crippen molar-refractivity contribution in [1.29, 1.82) is 0 Å². The van der Waals surface area contributed by atoms with Gasteiger partial charge in [-0.3, -0.25) is 14.5 Å². The third-order valence-electron chi connectivity index (χ3n) is 4.76. The number of hydrogen-bond donors (Lipinski definition) is 2. The third kappa shape index (κ3) is 5.07. The minimum absolute atomic E-state index is 0.114. The van der Waals surface area contributed by atoms with Crippen LogP contribution in [-0.2, 0) is 9.59 Å². The van der Waals surface area contributed by atoms with Crippen LogP contribution in [0.25, 0.3) is 0 Å². The van der Waals surface area contributed by atoms with Gasteiger partial charge in [0.1, 0.15) is 5.82 Å². The van der Waals surface area contributed by atoms with E-state index >= 15 is 0 Å². The summed E-state index contributed by atoms with van der Waals surface area (Å²) in [5.41, 5.74) is 2.86. The monoisotopic (exact) mass is 384 g/mol. The second-order valence-electron chi connectivity index (χ2n) is 6.97. The summed E-state index contributed by atoms with van der Waals surface area (Å²) in [6.07, 6.45) is 0. The molecule has 3 rings (SSSR count). The number of anilines is 3. The predicted octanol–water partition coefficient (Wildman–Crippen LogP) is 2.85. The van der Waals surface area contributed by atoms with Gasteiger partial charge in [0.25, 0.3) is 0 Å². The molecule has 1 aliphatic heterocycles. The van der Waals surface area contributed by atoms with Gasteiger partial charge in [-0.05, 0) is 36.8 Å². The van der Waals surface area contributed by atoms with Crippen molar-refractivity contribution < 1.29 is 14.0 Å². The Morgan fingerprint density at radius 3 is 2.43 bits per heavy atom. The van der Waals surface area contributed by atoms with Crippen molar-refractivity contribution in [2.24, 2.45) is 0 Å². The smallest absolute Gasteiger partial charge is 0.238 e. The highest BCUT2D eigenvalue weighted by molar-refractivity contribution is 5.94. The maximum atomic E-state index is 13.9. The SMILES string of the molecule is CC(=O)Nc1cc(NC(=O)CN2CCN(c3ccccc3F)CC2)ccc1C. The summed E-state index contributed by atoms with van der Waals surface area (Å²) in [5.74, 6) is -0.487. The number of hydrogen-bond acceptors (Lipinski definition) is 4. The molecule has 0 unspecified atom stereocenters. The van der Waals surface area contributed by atoms with Crippen LogP contribution >= 0.6 is 0 Å². The van der Waals surface area contributed by atoms with Crippen molar-refractivity contribution in [2.45, 2.75) is 13.8 Å². The number of carbonyl (C=O) groups excluding carboxylic acids is 2. The molecule has 6 nitrogen and oxygen atoms in total. The van der Waals surface area contributed by atoms with Crippen LogP contribution in [0.2, 0.25) is 0 Å². The molecule has 28 heavy (non-hydrogen) atoms. The highest BCUT2D eigenvalue weighted by Crippen LogP contribution is 2.21. The van der Waals surface area contributed by atoms with Gasteiger partial charge in [0.2, 0.25) is 11.8 Å².